The van der Waals surface area contributed by atoms with Crippen molar-refractivity contribution in [2.75, 3.05) is 0 Å². The summed E-state index contributed by atoms with van der Waals surface area (Å²) in [5.74, 6) is 0.619. The maximum atomic E-state index is 13.2. The summed E-state index contributed by atoms with van der Waals surface area (Å²) in [6, 6.07) is 7.58. The summed E-state index contributed by atoms with van der Waals surface area (Å²) >= 11 is 1.60. The fourth-order valence-corrected chi connectivity index (χ4v) is 4.86. The summed E-state index contributed by atoms with van der Waals surface area (Å²) < 4.78 is 1.57. The predicted octanol–water partition coefficient (Wildman–Crippen LogP) is 2.58. The first-order valence-electron chi connectivity index (χ1n) is 8.84. The van der Waals surface area contributed by atoms with Crippen LogP contribution in [0, 0.1) is 0 Å². The molecular weight excluding hydrogens is 362 g/mol. The maximum absolute atomic E-state index is 13.2. The van der Waals surface area contributed by atoms with Crippen LogP contribution in [0.15, 0.2) is 30.6 Å². The lowest BCUT2D eigenvalue weighted by atomic mass is 10.1. The average molecular weight is 379 g/mol. The van der Waals surface area contributed by atoms with Crippen LogP contribution >= 0.6 is 11.3 Å². The molecule has 0 saturated carbocycles. The quantitative estimate of drug-likeness (QED) is 0.567. The van der Waals surface area contributed by atoms with Crippen LogP contribution in [0.2, 0.25) is 0 Å². The van der Waals surface area contributed by atoms with Crippen LogP contribution in [0.25, 0.3) is 16.0 Å². The minimum Gasteiger partial charge on any atom is -0.342 e. The number of hydrogen-bond acceptors (Lipinski definition) is 6. The Morgan fingerprint density at radius 1 is 1.33 bits per heavy atom. The third-order valence-corrected chi connectivity index (χ3v) is 6.13. The van der Waals surface area contributed by atoms with Gasteiger partial charge in [-0.25, -0.2) is 4.98 Å². The van der Waals surface area contributed by atoms with Gasteiger partial charge < -0.3 is 10.3 Å². The molecular formula is C18H17N7OS. The van der Waals surface area contributed by atoms with Crippen molar-refractivity contribution in [1.29, 1.82) is 0 Å². The smallest absolute Gasteiger partial charge is 0.255 e. The van der Waals surface area contributed by atoms with Crippen molar-refractivity contribution in [3.8, 4) is 5.00 Å². The first-order valence-corrected chi connectivity index (χ1v) is 9.66. The van der Waals surface area contributed by atoms with Gasteiger partial charge in [0.25, 0.3) is 5.91 Å². The van der Waals surface area contributed by atoms with Gasteiger partial charge in [0.1, 0.15) is 17.2 Å². The number of carbonyl (C=O) groups excluding carboxylic acids is 1. The van der Waals surface area contributed by atoms with E-state index in [0.717, 1.165) is 46.7 Å². The second kappa shape index (κ2) is 6.27. The SMILES string of the molecule is CC(NC(=O)c1c(-n2cnnn2)sc2c1CCC2)c1nc2ccccc2[nH]1. The predicted molar refractivity (Wildman–Crippen MR) is 101 cm³/mol. The number of aryl methyl sites for hydroxylation is 1. The number of nitrogens with one attached hydrogen (secondary N) is 2. The Bertz CT molecular complexity index is 1100. The van der Waals surface area contributed by atoms with Crippen LogP contribution in [0.5, 0.6) is 0 Å². The Kier molecular flexibility index (Phi) is 3.75. The zero-order chi connectivity index (χ0) is 18.4. The topological polar surface area (TPSA) is 101 Å². The molecule has 1 aromatic carbocycles. The number of hydrogen-bond donors (Lipinski definition) is 2. The molecule has 3 aromatic heterocycles. The maximum Gasteiger partial charge on any atom is 0.255 e. The number of tetrazole rings is 1. The number of para-hydroxylation sites is 2. The highest BCUT2D eigenvalue weighted by Gasteiger charge is 2.29. The number of carbonyl (C=O) groups is 1. The van der Waals surface area contributed by atoms with E-state index >= 15 is 0 Å². The molecule has 4 aromatic rings. The van der Waals surface area contributed by atoms with Crippen molar-refractivity contribution in [2.45, 2.75) is 32.2 Å². The molecule has 136 valence electrons. The number of rotatable bonds is 4. The van der Waals surface area contributed by atoms with Crippen LogP contribution in [-0.2, 0) is 12.8 Å². The summed E-state index contributed by atoms with van der Waals surface area (Å²) in [7, 11) is 0. The highest BCUT2D eigenvalue weighted by molar-refractivity contribution is 7.15. The molecule has 0 radical (unpaired) electrons. The molecule has 1 atom stereocenters. The lowest BCUT2D eigenvalue weighted by Crippen LogP contribution is -2.28. The average Bonchev–Trinajstić information content (AvgIpc) is 3.43. The standard InChI is InChI=1S/C18H17N7OS/c1-10(16-21-12-6-2-3-7-13(12)22-16)20-17(26)15-11-5-4-8-14(11)27-18(15)25-9-19-23-24-25/h2-3,6-7,9-10H,4-5,8H2,1H3,(H,20,26)(H,21,22). The first-order chi connectivity index (χ1) is 13.2. The van der Waals surface area contributed by atoms with Crippen LogP contribution in [-0.4, -0.2) is 36.1 Å². The van der Waals surface area contributed by atoms with Crippen molar-refractivity contribution in [2.24, 2.45) is 0 Å². The van der Waals surface area contributed by atoms with Crippen LogP contribution in [0.1, 0.15) is 46.0 Å². The van der Waals surface area contributed by atoms with Crippen molar-refractivity contribution < 1.29 is 4.79 Å². The molecule has 0 fully saturated rings. The van der Waals surface area contributed by atoms with E-state index in [2.05, 4.69) is 30.8 Å². The molecule has 1 aliphatic carbocycles. The number of amides is 1. The number of benzene rings is 1. The second-order valence-electron chi connectivity index (χ2n) is 6.63. The zero-order valence-electron chi connectivity index (χ0n) is 14.6. The molecule has 1 unspecified atom stereocenters. The van der Waals surface area contributed by atoms with E-state index in [4.69, 9.17) is 0 Å². The van der Waals surface area contributed by atoms with Gasteiger partial charge in [0, 0.05) is 4.88 Å². The van der Waals surface area contributed by atoms with Gasteiger partial charge in [0.2, 0.25) is 0 Å². The monoisotopic (exact) mass is 379 g/mol. The molecule has 0 aliphatic heterocycles. The van der Waals surface area contributed by atoms with Crippen molar-refractivity contribution in [1.82, 2.24) is 35.5 Å². The number of fused-ring (bicyclic) bond motifs is 2. The number of aromatic amines is 1. The molecule has 5 rings (SSSR count). The van der Waals surface area contributed by atoms with Gasteiger partial charge in [0.05, 0.1) is 22.6 Å². The summed E-state index contributed by atoms with van der Waals surface area (Å²) in [4.78, 5) is 22.3. The molecule has 9 heteroatoms. The van der Waals surface area contributed by atoms with Gasteiger partial charge in [-0.15, -0.1) is 16.4 Å². The zero-order valence-corrected chi connectivity index (χ0v) is 15.5. The van der Waals surface area contributed by atoms with Crippen LogP contribution < -0.4 is 5.32 Å². The number of aromatic nitrogens is 6. The molecule has 3 heterocycles. The van der Waals surface area contributed by atoms with E-state index in [1.807, 2.05) is 31.2 Å². The lowest BCUT2D eigenvalue weighted by molar-refractivity contribution is 0.0938. The fourth-order valence-electron chi connectivity index (χ4n) is 3.55. The summed E-state index contributed by atoms with van der Waals surface area (Å²) in [6.07, 6.45) is 4.52. The van der Waals surface area contributed by atoms with Crippen molar-refractivity contribution in [3.63, 3.8) is 0 Å². The van der Waals surface area contributed by atoms with Crippen molar-refractivity contribution >= 4 is 28.3 Å². The summed E-state index contributed by atoms with van der Waals surface area (Å²) in [5, 5.41) is 15.3. The molecule has 1 aliphatic rings. The second-order valence-corrected chi connectivity index (χ2v) is 7.71. The Morgan fingerprint density at radius 2 is 2.22 bits per heavy atom. The highest BCUT2D eigenvalue weighted by atomic mass is 32.1. The largest absolute Gasteiger partial charge is 0.342 e. The van der Waals surface area contributed by atoms with Gasteiger partial charge in [-0.3, -0.25) is 4.79 Å². The van der Waals surface area contributed by atoms with E-state index < -0.39 is 0 Å². The third-order valence-electron chi connectivity index (χ3n) is 4.85. The number of nitrogens with zero attached hydrogens (tertiary/aromatic N) is 5. The molecule has 8 nitrogen and oxygen atoms in total. The lowest BCUT2D eigenvalue weighted by Gasteiger charge is -2.13. The van der Waals surface area contributed by atoms with E-state index in [-0.39, 0.29) is 11.9 Å². The van der Waals surface area contributed by atoms with Gasteiger partial charge in [-0.05, 0) is 54.3 Å². The Balaban J connectivity index is 1.47. The minimum atomic E-state index is -0.247. The van der Waals surface area contributed by atoms with Gasteiger partial charge in [-0.1, -0.05) is 12.1 Å². The Hall–Kier alpha value is -3.07. The molecule has 0 saturated heterocycles. The molecule has 0 spiro atoms. The van der Waals surface area contributed by atoms with E-state index in [9.17, 15) is 4.79 Å². The van der Waals surface area contributed by atoms with Crippen molar-refractivity contribution in [3.05, 3.63) is 52.4 Å². The number of thiophene rings is 1. The van der Waals surface area contributed by atoms with E-state index in [1.54, 1.807) is 16.0 Å². The molecule has 1 amide bonds. The fraction of sp³-hybridized carbons (Fsp3) is 0.278. The summed E-state index contributed by atoms with van der Waals surface area (Å²) in [5.41, 5.74) is 3.65. The van der Waals surface area contributed by atoms with Gasteiger partial charge in [-0.2, -0.15) is 4.68 Å². The molecule has 2 N–H and O–H groups in total. The number of H-pyrrole nitrogens is 1. The van der Waals surface area contributed by atoms with Crippen LogP contribution in [0.3, 0.4) is 0 Å². The first kappa shape index (κ1) is 16.1. The van der Waals surface area contributed by atoms with E-state index in [1.165, 1.54) is 11.2 Å². The molecule has 27 heavy (non-hydrogen) atoms. The third kappa shape index (κ3) is 2.71. The Morgan fingerprint density at radius 3 is 3.04 bits per heavy atom. The van der Waals surface area contributed by atoms with Gasteiger partial charge >= 0.3 is 0 Å². The van der Waals surface area contributed by atoms with Crippen LogP contribution in [0.4, 0.5) is 0 Å². The Labute approximate surface area is 158 Å². The molecule has 0 bridgehead atoms. The van der Waals surface area contributed by atoms with Gasteiger partial charge in [0.15, 0.2) is 0 Å². The minimum absolute atomic E-state index is 0.118. The normalized spacial score (nSPS) is 14.4. The summed E-state index contributed by atoms with van der Waals surface area (Å²) in [6.45, 7) is 1.93. The highest BCUT2D eigenvalue weighted by Crippen LogP contribution is 2.37. The number of imidazole rings is 1. The van der Waals surface area contributed by atoms with E-state index in [0.29, 0.717) is 5.56 Å².